The molecule has 5 fully saturated rings. The van der Waals surface area contributed by atoms with Gasteiger partial charge in [0, 0.05) is 23.7 Å². The number of esters is 1. The van der Waals surface area contributed by atoms with Crippen molar-refractivity contribution in [1.82, 2.24) is 15.5 Å². The molecule has 8 atom stereocenters. The Kier molecular flexibility index (Phi) is 8.35. The molecule has 0 radical (unpaired) electrons. The number of aliphatic carboxylic acids is 1. The number of carbonyl (C=O) groups is 4. The van der Waals surface area contributed by atoms with Gasteiger partial charge in [0.05, 0.1) is 17.4 Å². The van der Waals surface area contributed by atoms with Crippen molar-refractivity contribution in [2.75, 3.05) is 0 Å². The summed E-state index contributed by atoms with van der Waals surface area (Å²) in [6.07, 6.45) is 9.16. The first-order valence-electron chi connectivity index (χ1n) is 19.6. The monoisotopic (exact) mass is 705 g/mol. The SMILES string of the molecule is CC(C)C1C(=O)C[C@]2(NC(=O)c3nnc(C4CC4)o3)CC[C@]3(C)C(=C12)CCC1[C@@]2(C)CC[C@H](OC(=O)CC(C)(C)C(=O)O)C(C)(C)C2CC[C@]13C. The van der Waals surface area contributed by atoms with Crippen LogP contribution in [0.5, 0.6) is 0 Å². The van der Waals surface area contributed by atoms with Gasteiger partial charge in [0.25, 0.3) is 0 Å². The lowest BCUT2D eigenvalue weighted by molar-refractivity contribution is -0.214. The first-order valence-corrected chi connectivity index (χ1v) is 19.6. The molecule has 0 aromatic carbocycles. The summed E-state index contributed by atoms with van der Waals surface area (Å²) in [6.45, 7) is 19.4. The average Bonchev–Trinajstić information content (AvgIpc) is 3.67. The molecule has 1 aromatic rings. The predicted octanol–water partition coefficient (Wildman–Crippen LogP) is 7.82. The minimum absolute atomic E-state index is 0.0131. The minimum Gasteiger partial charge on any atom is -0.481 e. The highest BCUT2D eigenvalue weighted by Crippen LogP contribution is 2.75. The average molecular weight is 706 g/mol. The minimum atomic E-state index is -1.17. The van der Waals surface area contributed by atoms with E-state index >= 15 is 0 Å². The number of amides is 1. The molecule has 3 unspecified atom stereocenters. The molecule has 1 heterocycles. The standard InChI is InChI=1S/C41H59N3O7/c1-22(2)30-25(45)20-41(42-32(47)34-44-43-33(51-34)23-10-11-23)19-18-39(8)24(31(30)41)12-13-27-38(7)16-15-28(50-29(46)21-36(3,4)35(48)49)37(5,6)26(38)14-17-40(27,39)9/h22-23,26-28,30H,10-21H2,1-9H3,(H,42,47)(H,48,49)/t26?,27?,28-,30?,38-,39+,40+,41+/m0/s1. The first-order chi connectivity index (χ1) is 23.7. The Morgan fingerprint density at radius 2 is 1.67 bits per heavy atom. The highest BCUT2D eigenvalue weighted by atomic mass is 16.5. The molecule has 5 saturated carbocycles. The van der Waals surface area contributed by atoms with E-state index in [-0.39, 0.29) is 69.5 Å². The van der Waals surface area contributed by atoms with E-state index in [1.54, 1.807) is 13.8 Å². The van der Waals surface area contributed by atoms with Crippen LogP contribution in [-0.2, 0) is 19.1 Å². The Morgan fingerprint density at radius 1 is 0.961 bits per heavy atom. The second-order valence-electron chi connectivity index (χ2n) is 19.7. The predicted molar refractivity (Wildman–Crippen MR) is 189 cm³/mol. The maximum atomic E-state index is 14.0. The summed E-state index contributed by atoms with van der Waals surface area (Å²) in [5.74, 6) is -0.164. The van der Waals surface area contributed by atoms with Crippen molar-refractivity contribution in [2.45, 2.75) is 157 Å². The van der Waals surface area contributed by atoms with Crippen molar-refractivity contribution in [3.8, 4) is 0 Å². The number of ether oxygens (including phenoxy) is 1. The summed E-state index contributed by atoms with van der Waals surface area (Å²) in [5.41, 5.74) is 0.260. The van der Waals surface area contributed by atoms with Crippen LogP contribution in [0.15, 0.2) is 15.6 Å². The smallest absolute Gasteiger partial charge is 0.309 e. The van der Waals surface area contributed by atoms with Gasteiger partial charge in [-0.15, -0.1) is 10.2 Å². The van der Waals surface area contributed by atoms with Crippen molar-refractivity contribution in [3.63, 3.8) is 0 Å². The van der Waals surface area contributed by atoms with E-state index in [1.807, 2.05) is 0 Å². The fraction of sp³-hybridized carbons (Fsp3) is 0.805. The van der Waals surface area contributed by atoms with E-state index in [2.05, 4.69) is 64.0 Å². The van der Waals surface area contributed by atoms with E-state index in [4.69, 9.17) is 9.15 Å². The Hall–Kier alpha value is -3.04. The number of aromatic nitrogens is 2. The van der Waals surface area contributed by atoms with Gasteiger partial charge in [-0.1, -0.05) is 54.0 Å². The number of hydrogen-bond donors (Lipinski definition) is 2. The van der Waals surface area contributed by atoms with E-state index < -0.39 is 22.9 Å². The zero-order valence-electron chi connectivity index (χ0n) is 32.2. The number of Topliss-reactive ketones (excluding diaryl/α,β-unsaturated/α-hetero) is 1. The molecule has 7 rings (SSSR count). The highest BCUT2D eigenvalue weighted by molar-refractivity contribution is 5.95. The van der Waals surface area contributed by atoms with Crippen LogP contribution in [0.4, 0.5) is 0 Å². The van der Waals surface area contributed by atoms with Crippen LogP contribution in [0.2, 0.25) is 0 Å². The van der Waals surface area contributed by atoms with Crippen LogP contribution in [0.1, 0.15) is 162 Å². The molecule has 0 spiro atoms. The summed E-state index contributed by atoms with van der Waals surface area (Å²) in [6, 6.07) is 0. The summed E-state index contributed by atoms with van der Waals surface area (Å²) < 4.78 is 12.0. The lowest BCUT2D eigenvalue weighted by Gasteiger charge is -2.70. The number of carbonyl (C=O) groups excluding carboxylic acids is 3. The maximum absolute atomic E-state index is 14.0. The van der Waals surface area contributed by atoms with E-state index in [0.29, 0.717) is 30.6 Å². The van der Waals surface area contributed by atoms with Crippen LogP contribution < -0.4 is 5.32 Å². The Morgan fingerprint density at radius 3 is 2.31 bits per heavy atom. The van der Waals surface area contributed by atoms with Crippen LogP contribution in [0.25, 0.3) is 0 Å². The Balaban J connectivity index is 1.19. The van der Waals surface area contributed by atoms with Crippen LogP contribution in [0, 0.1) is 50.7 Å². The number of carboxylic acid groups (broad SMARTS) is 1. The second-order valence-corrected chi connectivity index (χ2v) is 19.7. The quantitative estimate of drug-likeness (QED) is 0.204. The third-order valence-corrected chi connectivity index (χ3v) is 15.6. The van der Waals surface area contributed by atoms with Crippen molar-refractivity contribution in [1.29, 1.82) is 0 Å². The van der Waals surface area contributed by atoms with Crippen LogP contribution >= 0.6 is 0 Å². The van der Waals surface area contributed by atoms with Crippen LogP contribution in [-0.4, -0.2) is 50.6 Å². The van der Waals surface area contributed by atoms with Gasteiger partial charge in [0.2, 0.25) is 5.89 Å². The number of hydrogen-bond acceptors (Lipinski definition) is 8. The van der Waals surface area contributed by atoms with Gasteiger partial charge < -0.3 is 19.6 Å². The molecule has 51 heavy (non-hydrogen) atoms. The van der Waals surface area contributed by atoms with Crippen molar-refractivity contribution >= 4 is 23.6 Å². The number of allylic oxidation sites excluding steroid dienone is 1. The molecule has 1 aromatic heterocycles. The number of ketones is 1. The number of rotatable bonds is 8. The fourth-order valence-corrected chi connectivity index (χ4v) is 12.6. The molecule has 0 bridgehead atoms. The fourth-order valence-electron chi connectivity index (χ4n) is 12.6. The molecular weight excluding hydrogens is 646 g/mol. The molecular formula is C41H59N3O7. The first kappa shape index (κ1) is 36.3. The largest absolute Gasteiger partial charge is 0.481 e. The van der Waals surface area contributed by atoms with Crippen molar-refractivity contribution < 1.29 is 33.4 Å². The summed E-state index contributed by atoms with van der Waals surface area (Å²) in [5, 5.41) is 21.2. The lowest BCUT2D eigenvalue weighted by Crippen LogP contribution is -2.65. The molecule has 0 saturated heterocycles. The summed E-state index contributed by atoms with van der Waals surface area (Å²) in [7, 11) is 0. The van der Waals surface area contributed by atoms with Crippen molar-refractivity contribution in [2.24, 2.45) is 50.7 Å². The lowest BCUT2D eigenvalue weighted by atomic mass is 9.34. The topological polar surface area (TPSA) is 149 Å². The van der Waals surface area contributed by atoms with Gasteiger partial charge >= 0.3 is 23.7 Å². The molecule has 10 nitrogen and oxygen atoms in total. The van der Waals surface area contributed by atoms with Gasteiger partial charge in [-0.05, 0) is 118 Å². The normalized spacial score (nSPS) is 38.7. The van der Waals surface area contributed by atoms with Gasteiger partial charge in [0.15, 0.2) is 0 Å². The van der Waals surface area contributed by atoms with Gasteiger partial charge in [-0.25, -0.2) is 0 Å². The third kappa shape index (κ3) is 5.37. The Labute approximate surface area is 302 Å². The van der Waals surface area contributed by atoms with E-state index in [1.165, 1.54) is 11.1 Å². The number of fused-ring (bicyclic) bond motifs is 6. The zero-order chi connectivity index (χ0) is 37.1. The molecule has 10 heteroatoms. The van der Waals surface area contributed by atoms with Gasteiger partial charge in [-0.2, -0.15) is 0 Å². The van der Waals surface area contributed by atoms with Gasteiger partial charge in [-0.3, -0.25) is 19.2 Å². The third-order valence-electron chi connectivity index (χ3n) is 15.6. The second kappa shape index (κ2) is 11.7. The molecule has 6 aliphatic carbocycles. The molecule has 1 amide bonds. The number of nitrogens with one attached hydrogen (secondary N) is 1. The van der Waals surface area contributed by atoms with E-state index in [0.717, 1.165) is 57.8 Å². The van der Waals surface area contributed by atoms with Gasteiger partial charge in [0.1, 0.15) is 11.9 Å². The number of nitrogens with zero attached hydrogens (tertiary/aromatic N) is 2. The summed E-state index contributed by atoms with van der Waals surface area (Å²) in [4.78, 5) is 52.5. The maximum Gasteiger partial charge on any atom is 0.309 e. The molecule has 280 valence electrons. The van der Waals surface area contributed by atoms with Crippen LogP contribution in [0.3, 0.4) is 0 Å². The summed E-state index contributed by atoms with van der Waals surface area (Å²) >= 11 is 0. The molecule has 6 aliphatic rings. The zero-order valence-corrected chi connectivity index (χ0v) is 32.2. The van der Waals surface area contributed by atoms with E-state index in [9.17, 15) is 24.3 Å². The highest BCUT2D eigenvalue weighted by Gasteiger charge is 2.69. The number of carboxylic acids is 1. The Bertz CT molecular complexity index is 1690. The molecule has 0 aliphatic heterocycles. The molecule has 2 N–H and O–H groups in total. The van der Waals surface area contributed by atoms with Crippen molar-refractivity contribution in [3.05, 3.63) is 22.9 Å².